The fourth-order valence-electron chi connectivity index (χ4n) is 1.69. The summed E-state index contributed by atoms with van der Waals surface area (Å²) < 4.78 is 0. The summed E-state index contributed by atoms with van der Waals surface area (Å²) in [6.07, 6.45) is 3.82. The molecule has 0 bridgehead atoms. The molecule has 0 spiro atoms. The lowest BCUT2D eigenvalue weighted by atomic mass is 10.2. The molecule has 0 saturated carbocycles. The Balaban J connectivity index is 2.48. The first-order valence-corrected chi connectivity index (χ1v) is 6.52. The highest BCUT2D eigenvalue weighted by Gasteiger charge is 2.21. The van der Waals surface area contributed by atoms with Gasteiger partial charge in [0.25, 0.3) is 0 Å². The van der Waals surface area contributed by atoms with Crippen LogP contribution in [0.1, 0.15) is 0 Å². The number of thioether (sulfide) groups is 1. The van der Waals surface area contributed by atoms with Crippen LogP contribution in [-0.4, -0.2) is 67.5 Å². The molecule has 16 heavy (non-hydrogen) atoms. The van der Waals surface area contributed by atoms with Crippen molar-refractivity contribution in [3.63, 3.8) is 0 Å². The van der Waals surface area contributed by atoms with E-state index in [0.29, 0.717) is 11.2 Å². The zero-order valence-electron chi connectivity index (χ0n) is 10.1. The highest BCUT2D eigenvalue weighted by molar-refractivity contribution is 8.13. The summed E-state index contributed by atoms with van der Waals surface area (Å²) in [5.41, 5.74) is 0. The maximum absolute atomic E-state index is 8.52. The molecule has 0 radical (unpaired) electrons. The van der Waals surface area contributed by atoms with E-state index in [9.17, 15) is 0 Å². The third-order valence-electron chi connectivity index (χ3n) is 2.78. The van der Waals surface area contributed by atoms with E-state index in [1.165, 1.54) is 11.8 Å². The van der Waals surface area contributed by atoms with Crippen LogP contribution in [0.25, 0.3) is 0 Å². The molecule has 1 rings (SSSR count). The van der Waals surface area contributed by atoms with Gasteiger partial charge in [0, 0.05) is 25.7 Å². The van der Waals surface area contributed by atoms with Crippen LogP contribution in [0.15, 0.2) is 4.99 Å². The van der Waals surface area contributed by atoms with Crippen molar-refractivity contribution in [3.05, 3.63) is 0 Å². The van der Waals surface area contributed by atoms with Gasteiger partial charge in [-0.3, -0.25) is 15.2 Å². The number of piperazine rings is 1. The number of aliphatic imine (C=N–C) groups is 1. The quantitative estimate of drug-likeness (QED) is 0.320. The van der Waals surface area contributed by atoms with Crippen molar-refractivity contribution in [2.45, 2.75) is 6.04 Å². The molecule has 1 aliphatic heterocycles. The first-order valence-electron chi connectivity index (χ1n) is 5.29. The van der Waals surface area contributed by atoms with E-state index >= 15 is 0 Å². The minimum Gasteiger partial charge on any atom is -0.303 e. The van der Waals surface area contributed by atoms with Gasteiger partial charge in [-0.1, -0.05) is 11.8 Å². The maximum atomic E-state index is 8.52. The summed E-state index contributed by atoms with van der Waals surface area (Å²) >= 11 is 1.47. The number of likely N-dealkylation sites (N-methyl/N-ethyl adjacent to an activating group) is 2. The molecule has 1 fully saturated rings. The number of hydrogen-bond acceptors (Lipinski definition) is 5. The monoisotopic (exact) mass is 241 g/mol. The Morgan fingerprint density at radius 2 is 2.31 bits per heavy atom. The van der Waals surface area contributed by atoms with Crippen LogP contribution in [0.3, 0.4) is 0 Å². The molecule has 0 aliphatic carbocycles. The third-order valence-corrected chi connectivity index (χ3v) is 3.40. The van der Waals surface area contributed by atoms with Crippen molar-refractivity contribution >= 4 is 16.9 Å². The molecule has 6 heteroatoms. The lowest BCUT2D eigenvalue weighted by molar-refractivity contribution is 0.119. The topological polar surface area (TPSA) is 54.7 Å². The van der Waals surface area contributed by atoms with Crippen LogP contribution in [0.2, 0.25) is 0 Å². The minimum atomic E-state index is 0.446. The molecule has 1 aliphatic rings. The Bertz CT molecular complexity index is 285. The van der Waals surface area contributed by atoms with Crippen molar-refractivity contribution in [1.82, 2.24) is 15.1 Å². The molecule has 1 N–H and O–H groups in total. The number of rotatable bonds is 2. The first kappa shape index (κ1) is 13.3. The van der Waals surface area contributed by atoms with Gasteiger partial charge in [0.2, 0.25) is 0 Å². The van der Waals surface area contributed by atoms with E-state index in [4.69, 9.17) is 5.26 Å². The Morgan fingerprint density at radius 1 is 1.56 bits per heavy atom. The predicted octanol–water partition coefficient (Wildman–Crippen LogP) is 0.0219. The van der Waals surface area contributed by atoms with Gasteiger partial charge in [0.05, 0.1) is 6.54 Å². The van der Waals surface area contributed by atoms with Crippen LogP contribution >= 0.6 is 11.8 Å². The molecular weight excluding hydrogens is 222 g/mol. The highest BCUT2D eigenvalue weighted by atomic mass is 32.2. The molecule has 0 amide bonds. The van der Waals surface area contributed by atoms with Crippen LogP contribution in [0.5, 0.6) is 0 Å². The van der Waals surface area contributed by atoms with Crippen LogP contribution < -0.4 is 5.32 Å². The van der Waals surface area contributed by atoms with Gasteiger partial charge < -0.3 is 4.90 Å². The molecule has 1 heterocycles. The molecular formula is C10H19N5S. The van der Waals surface area contributed by atoms with Crippen LogP contribution in [0, 0.1) is 11.5 Å². The van der Waals surface area contributed by atoms with Crippen molar-refractivity contribution < 1.29 is 0 Å². The molecule has 5 nitrogen and oxygen atoms in total. The average molecular weight is 241 g/mol. The predicted molar refractivity (Wildman–Crippen MR) is 68.5 cm³/mol. The zero-order valence-corrected chi connectivity index (χ0v) is 10.9. The van der Waals surface area contributed by atoms with E-state index in [1.54, 1.807) is 0 Å². The Kier molecular flexibility index (Phi) is 5.60. The molecule has 0 aromatic rings. The molecule has 1 saturated heterocycles. The van der Waals surface area contributed by atoms with Crippen LogP contribution in [0.4, 0.5) is 0 Å². The first-order chi connectivity index (χ1) is 7.67. The third kappa shape index (κ3) is 4.00. The zero-order chi connectivity index (χ0) is 12.0. The van der Waals surface area contributed by atoms with E-state index in [-0.39, 0.29) is 0 Å². The Hall–Kier alpha value is -0.770. The summed E-state index contributed by atoms with van der Waals surface area (Å²) in [7, 11) is 4.26. The Morgan fingerprint density at radius 3 is 2.94 bits per heavy atom. The van der Waals surface area contributed by atoms with Gasteiger partial charge in [0.1, 0.15) is 0 Å². The standard InChI is InChI=1S/C10H19N5S/c1-14-4-5-15(2)9(7-14)6-12-10(16-3)13-8-11/h9H,4-7H2,1-3H3,(H,12,13). The van der Waals surface area contributed by atoms with E-state index in [0.717, 1.165) is 26.2 Å². The summed E-state index contributed by atoms with van der Waals surface area (Å²) in [6.45, 7) is 3.97. The van der Waals surface area contributed by atoms with Crippen molar-refractivity contribution in [1.29, 1.82) is 5.26 Å². The molecule has 1 atom stereocenters. The lowest BCUT2D eigenvalue weighted by Gasteiger charge is -2.36. The second-order valence-corrected chi connectivity index (χ2v) is 4.78. The fraction of sp³-hybridized carbons (Fsp3) is 0.800. The lowest BCUT2D eigenvalue weighted by Crippen LogP contribution is -2.51. The maximum Gasteiger partial charge on any atom is 0.183 e. The largest absolute Gasteiger partial charge is 0.303 e. The molecule has 1 unspecified atom stereocenters. The van der Waals surface area contributed by atoms with Crippen molar-refractivity contribution in [3.8, 4) is 6.19 Å². The van der Waals surface area contributed by atoms with Gasteiger partial charge in [-0.05, 0) is 20.4 Å². The smallest absolute Gasteiger partial charge is 0.183 e. The summed E-state index contributed by atoms with van der Waals surface area (Å²) in [5, 5.41) is 11.8. The van der Waals surface area contributed by atoms with Crippen molar-refractivity contribution in [2.75, 3.05) is 46.5 Å². The highest BCUT2D eigenvalue weighted by Crippen LogP contribution is 2.07. The normalized spacial score (nSPS) is 24.1. The average Bonchev–Trinajstić information content (AvgIpc) is 2.28. The molecule has 0 aromatic carbocycles. The van der Waals surface area contributed by atoms with Gasteiger partial charge >= 0.3 is 0 Å². The second-order valence-electron chi connectivity index (χ2n) is 3.98. The van der Waals surface area contributed by atoms with Gasteiger partial charge in [-0.2, -0.15) is 5.26 Å². The second kappa shape index (κ2) is 6.74. The molecule has 90 valence electrons. The number of nitriles is 1. The minimum absolute atomic E-state index is 0.446. The summed E-state index contributed by atoms with van der Waals surface area (Å²) in [4.78, 5) is 9.06. The van der Waals surface area contributed by atoms with E-state index < -0.39 is 0 Å². The fourth-order valence-corrected chi connectivity index (χ4v) is 2.04. The number of hydrogen-bond donors (Lipinski definition) is 1. The van der Waals surface area contributed by atoms with Gasteiger partial charge in [-0.25, -0.2) is 0 Å². The Labute approximate surface area is 101 Å². The van der Waals surface area contributed by atoms with Gasteiger partial charge in [0.15, 0.2) is 11.4 Å². The van der Waals surface area contributed by atoms with E-state index in [1.807, 2.05) is 12.4 Å². The van der Waals surface area contributed by atoms with Crippen LogP contribution in [-0.2, 0) is 0 Å². The number of nitrogens with zero attached hydrogens (tertiary/aromatic N) is 4. The number of amidine groups is 1. The van der Waals surface area contributed by atoms with Crippen molar-refractivity contribution in [2.24, 2.45) is 4.99 Å². The number of nitrogens with one attached hydrogen (secondary N) is 1. The summed E-state index contributed by atoms with van der Waals surface area (Å²) in [6, 6.07) is 0.446. The van der Waals surface area contributed by atoms with E-state index in [2.05, 4.69) is 34.2 Å². The van der Waals surface area contributed by atoms with Gasteiger partial charge in [-0.15, -0.1) is 0 Å². The molecule has 0 aromatic heterocycles. The summed E-state index contributed by atoms with van der Waals surface area (Å²) in [5.74, 6) is 0. The SMILES string of the molecule is CSC(=NCC1CN(C)CCN1C)NC#N.